The molecule has 3 aromatic heterocycles. The molecule has 10 nitrogen and oxygen atoms in total. The molecule has 3 heterocycles. The van der Waals surface area contributed by atoms with Crippen molar-refractivity contribution in [1.29, 1.82) is 0 Å². The van der Waals surface area contributed by atoms with Crippen LogP contribution in [0.5, 0.6) is 0 Å². The molecule has 2 saturated carbocycles. The van der Waals surface area contributed by atoms with E-state index in [-0.39, 0.29) is 11.9 Å². The predicted octanol–water partition coefficient (Wildman–Crippen LogP) is 4.05. The summed E-state index contributed by atoms with van der Waals surface area (Å²) in [6.45, 7) is 8.44. The number of aromatic nitrogens is 6. The molecule has 0 spiro atoms. The number of hydrogen-bond acceptors (Lipinski definition) is 8. The maximum absolute atomic E-state index is 11.6. The molecule has 184 valence electrons. The maximum Gasteiger partial charge on any atom is 0.439 e. The van der Waals surface area contributed by atoms with Gasteiger partial charge in [-0.25, -0.2) is 14.8 Å². The van der Waals surface area contributed by atoms with Crippen LogP contribution in [0.2, 0.25) is 0 Å². The van der Waals surface area contributed by atoms with Crippen molar-refractivity contribution in [3.05, 3.63) is 10.6 Å². The van der Waals surface area contributed by atoms with Crippen molar-refractivity contribution in [2.24, 2.45) is 17.8 Å². The first kappa shape index (κ1) is 22.9. The van der Waals surface area contributed by atoms with Crippen LogP contribution in [0.1, 0.15) is 65.7 Å². The van der Waals surface area contributed by atoms with Gasteiger partial charge in [-0.15, -0.1) is 0 Å². The second-order valence-electron chi connectivity index (χ2n) is 10.3. The van der Waals surface area contributed by atoms with Crippen LogP contribution in [-0.2, 0) is 6.54 Å². The van der Waals surface area contributed by atoms with Gasteiger partial charge in [-0.05, 0) is 57.3 Å². The van der Waals surface area contributed by atoms with Crippen LogP contribution in [-0.4, -0.2) is 49.3 Å². The van der Waals surface area contributed by atoms with Gasteiger partial charge >= 0.3 is 5.76 Å². The van der Waals surface area contributed by atoms with Gasteiger partial charge in [0.15, 0.2) is 11.5 Å². The minimum Gasteiger partial charge on any atom is -0.365 e. The monoisotopic (exact) mass is 468 g/mol. The molecule has 0 amide bonds. The number of nitrogens with one attached hydrogen (secondary N) is 2. The van der Waals surface area contributed by atoms with E-state index in [1.54, 1.807) is 0 Å². The number of rotatable bonds is 8. The van der Waals surface area contributed by atoms with Gasteiger partial charge in [0.05, 0.1) is 0 Å². The first-order chi connectivity index (χ1) is 16.4. The van der Waals surface area contributed by atoms with E-state index >= 15 is 0 Å². The number of H-pyrrole nitrogens is 1. The number of nitrogens with zero attached hydrogens (tertiary/aromatic N) is 6. The molecule has 0 radical (unpaired) electrons. The molecule has 3 aromatic rings. The summed E-state index contributed by atoms with van der Waals surface area (Å²) < 4.78 is 7.03. The fourth-order valence-electron chi connectivity index (χ4n) is 5.21. The fourth-order valence-corrected chi connectivity index (χ4v) is 5.21. The topological polar surface area (TPSA) is 118 Å². The molecule has 2 N–H and O–H groups in total. The molecule has 10 heteroatoms. The first-order valence-electron chi connectivity index (χ1n) is 12.7. The minimum absolute atomic E-state index is 0.215. The molecule has 0 bridgehead atoms. The van der Waals surface area contributed by atoms with Gasteiger partial charge < -0.3 is 14.8 Å². The highest BCUT2D eigenvalue weighted by atomic mass is 16.5. The third-order valence-electron chi connectivity index (χ3n) is 7.85. The Bertz CT molecular complexity index is 1190. The summed E-state index contributed by atoms with van der Waals surface area (Å²) in [4.78, 5) is 30.8. The Morgan fingerprint density at radius 1 is 1.18 bits per heavy atom. The Labute approximate surface area is 199 Å². The lowest BCUT2D eigenvalue weighted by molar-refractivity contribution is 0.267. The SMILES string of the molecule is CCN(C)c1nc2nc(-c3noc(=O)[nH]3)nc(N[C@H](C)C3CCC3)c2n1C[C@H]1CC[C@H](C)CC1. The maximum atomic E-state index is 11.6. The average Bonchev–Trinajstić information content (AvgIpc) is 3.37. The van der Waals surface area contributed by atoms with E-state index in [2.05, 4.69) is 52.7 Å². The second-order valence-corrected chi connectivity index (χ2v) is 10.3. The highest BCUT2D eigenvalue weighted by Crippen LogP contribution is 2.36. The molecule has 2 fully saturated rings. The lowest BCUT2D eigenvalue weighted by Gasteiger charge is -2.32. The van der Waals surface area contributed by atoms with E-state index in [0.29, 0.717) is 23.3 Å². The van der Waals surface area contributed by atoms with Crippen LogP contribution in [0.25, 0.3) is 22.8 Å². The van der Waals surface area contributed by atoms with Crippen LogP contribution in [0.3, 0.4) is 0 Å². The van der Waals surface area contributed by atoms with Crippen LogP contribution in [0, 0.1) is 17.8 Å². The zero-order valence-corrected chi connectivity index (χ0v) is 20.7. The lowest BCUT2D eigenvalue weighted by atomic mass is 9.80. The van der Waals surface area contributed by atoms with Gasteiger partial charge in [-0.1, -0.05) is 31.3 Å². The normalized spacial score (nSPS) is 22.0. The molecule has 5 rings (SSSR count). The van der Waals surface area contributed by atoms with Crippen LogP contribution in [0.15, 0.2) is 9.32 Å². The molecule has 0 aliphatic heterocycles. The minimum atomic E-state index is -0.625. The summed E-state index contributed by atoms with van der Waals surface area (Å²) in [5.74, 6) is 3.60. The van der Waals surface area contributed by atoms with E-state index in [4.69, 9.17) is 19.5 Å². The predicted molar refractivity (Wildman–Crippen MR) is 132 cm³/mol. The van der Waals surface area contributed by atoms with Gasteiger partial charge in [-0.3, -0.25) is 9.51 Å². The van der Waals surface area contributed by atoms with Gasteiger partial charge in [0.2, 0.25) is 17.6 Å². The standard InChI is InChI=1S/C24H36N8O2/c1-5-31(4)23-28-20-18(32(23)13-16-11-9-14(2)10-12-16)19(25-15(3)17-7-6-8-17)26-21(27-20)22-29-24(33)34-30-22/h14-17H,5-13H2,1-4H3,(H,25,26,27)(H,29,30,33)/t14-,15-,16-/m1/s1. The molecular formula is C24H36N8O2. The van der Waals surface area contributed by atoms with Crippen molar-refractivity contribution in [2.75, 3.05) is 23.8 Å². The summed E-state index contributed by atoms with van der Waals surface area (Å²) in [6, 6.07) is 0.280. The van der Waals surface area contributed by atoms with Crippen molar-refractivity contribution >= 4 is 22.9 Å². The summed E-state index contributed by atoms with van der Waals surface area (Å²) >= 11 is 0. The summed E-state index contributed by atoms with van der Waals surface area (Å²) in [5.41, 5.74) is 1.53. The lowest BCUT2D eigenvalue weighted by Crippen LogP contribution is -2.31. The molecule has 1 atom stereocenters. The van der Waals surface area contributed by atoms with E-state index in [9.17, 15) is 4.79 Å². The van der Waals surface area contributed by atoms with Crippen LogP contribution >= 0.6 is 0 Å². The molecule has 0 unspecified atom stereocenters. The van der Waals surface area contributed by atoms with E-state index < -0.39 is 5.76 Å². The highest BCUT2D eigenvalue weighted by Gasteiger charge is 2.29. The van der Waals surface area contributed by atoms with E-state index in [1.807, 2.05) is 0 Å². The Morgan fingerprint density at radius 3 is 2.56 bits per heavy atom. The Morgan fingerprint density at radius 2 is 1.94 bits per heavy atom. The van der Waals surface area contributed by atoms with Gasteiger partial charge in [0.25, 0.3) is 0 Å². The Kier molecular flexibility index (Phi) is 6.31. The van der Waals surface area contributed by atoms with E-state index in [1.165, 1.54) is 44.9 Å². The summed E-state index contributed by atoms with van der Waals surface area (Å²) in [5, 5.41) is 7.49. The largest absolute Gasteiger partial charge is 0.439 e. The smallest absolute Gasteiger partial charge is 0.365 e. The number of fused-ring (bicyclic) bond motifs is 1. The fraction of sp³-hybridized carbons (Fsp3) is 0.708. The van der Waals surface area contributed by atoms with E-state index in [0.717, 1.165) is 36.3 Å². The highest BCUT2D eigenvalue weighted by molar-refractivity contribution is 5.87. The zero-order valence-electron chi connectivity index (χ0n) is 20.7. The molecule has 0 saturated heterocycles. The molecule has 0 aromatic carbocycles. The first-order valence-corrected chi connectivity index (χ1v) is 12.7. The molecule has 2 aliphatic rings. The number of imidazole rings is 1. The van der Waals surface area contributed by atoms with Gasteiger partial charge in [0.1, 0.15) is 5.52 Å². The third-order valence-corrected chi connectivity index (χ3v) is 7.85. The summed E-state index contributed by atoms with van der Waals surface area (Å²) in [7, 11) is 2.06. The third kappa shape index (κ3) is 4.42. The van der Waals surface area contributed by atoms with Crippen molar-refractivity contribution in [3.8, 4) is 11.6 Å². The second kappa shape index (κ2) is 9.38. The van der Waals surface area contributed by atoms with Crippen LogP contribution < -0.4 is 16.0 Å². The summed E-state index contributed by atoms with van der Waals surface area (Å²) in [6.07, 6.45) is 8.77. The zero-order chi connectivity index (χ0) is 23.8. The van der Waals surface area contributed by atoms with Crippen molar-refractivity contribution in [1.82, 2.24) is 29.7 Å². The van der Waals surface area contributed by atoms with Crippen LogP contribution in [0.4, 0.5) is 11.8 Å². The average molecular weight is 469 g/mol. The number of hydrogen-bond donors (Lipinski definition) is 2. The molecule has 34 heavy (non-hydrogen) atoms. The molecular weight excluding hydrogens is 432 g/mol. The van der Waals surface area contributed by atoms with Gasteiger partial charge in [0, 0.05) is 26.2 Å². The van der Waals surface area contributed by atoms with Gasteiger partial charge in [-0.2, -0.15) is 4.98 Å². The Balaban J connectivity index is 1.62. The van der Waals surface area contributed by atoms with Crippen molar-refractivity contribution in [2.45, 2.75) is 78.3 Å². The van der Waals surface area contributed by atoms with Crippen molar-refractivity contribution < 1.29 is 4.52 Å². The van der Waals surface area contributed by atoms with Crippen molar-refractivity contribution in [3.63, 3.8) is 0 Å². The number of aromatic amines is 1. The number of anilines is 2. The Hall–Kier alpha value is -2.91. The quantitative estimate of drug-likeness (QED) is 0.508. The molecule has 2 aliphatic carbocycles.